The van der Waals surface area contributed by atoms with Gasteiger partial charge in [0.15, 0.2) is 0 Å². The first-order valence-electron chi connectivity index (χ1n) is 7.14. The van der Waals surface area contributed by atoms with Gasteiger partial charge >= 0.3 is 6.03 Å². The van der Waals surface area contributed by atoms with E-state index in [1.165, 1.54) is 11.1 Å². The number of hydrogen-bond donors (Lipinski definition) is 2. The number of anilines is 1. The van der Waals surface area contributed by atoms with E-state index in [4.69, 9.17) is 0 Å². The summed E-state index contributed by atoms with van der Waals surface area (Å²) >= 11 is 0. The van der Waals surface area contributed by atoms with Gasteiger partial charge < -0.3 is 5.32 Å². The van der Waals surface area contributed by atoms with E-state index in [0.717, 1.165) is 25.1 Å². The van der Waals surface area contributed by atoms with Gasteiger partial charge in [0.05, 0.1) is 0 Å². The lowest BCUT2D eigenvalue weighted by molar-refractivity contribution is 0.247. The molecule has 1 atom stereocenters. The molecule has 0 aliphatic heterocycles. The van der Waals surface area contributed by atoms with E-state index in [1.54, 1.807) is 11.7 Å². The van der Waals surface area contributed by atoms with Gasteiger partial charge in [0.2, 0.25) is 5.95 Å². The third kappa shape index (κ3) is 3.04. The van der Waals surface area contributed by atoms with Crippen molar-refractivity contribution in [1.29, 1.82) is 0 Å². The van der Waals surface area contributed by atoms with Crippen molar-refractivity contribution in [2.45, 2.75) is 32.2 Å². The number of nitrogens with zero attached hydrogens (tertiary/aromatic N) is 3. The predicted molar refractivity (Wildman–Crippen MR) is 80.1 cm³/mol. The Balaban J connectivity index is 1.59. The Morgan fingerprint density at radius 2 is 2.10 bits per heavy atom. The van der Waals surface area contributed by atoms with E-state index < -0.39 is 0 Å². The normalized spacial score (nSPS) is 17.1. The van der Waals surface area contributed by atoms with Crippen LogP contribution in [0.4, 0.5) is 10.7 Å². The number of amides is 2. The molecule has 1 aliphatic carbocycles. The Labute approximate surface area is 123 Å². The van der Waals surface area contributed by atoms with Gasteiger partial charge in [-0.15, -0.1) is 5.10 Å². The zero-order chi connectivity index (χ0) is 14.8. The molecule has 0 saturated carbocycles. The van der Waals surface area contributed by atoms with Gasteiger partial charge in [-0.1, -0.05) is 24.3 Å². The summed E-state index contributed by atoms with van der Waals surface area (Å²) in [7, 11) is 1.80. The highest BCUT2D eigenvalue weighted by Gasteiger charge is 2.20. The molecule has 0 bridgehead atoms. The van der Waals surface area contributed by atoms with Crippen LogP contribution in [-0.4, -0.2) is 26.8 Å². The van der Waals surface area contributed by atoms with E-state index in [2.05, 4.69) is 38.9 Å². The van der Waals surface area contributed by atoms with Crippen molar-refractivity contribution >= 4 is 12.0 Å². The van der Waals surface area contributed by atoms with Crippen LogP contribution in [0, 0.1) is 6.92 Å². The molecule has 110 valence electrons. The summed E-state index contributed by atoms with van der Waals surface area (Å²) in [6.45, 7) is 1.84. The largest absolute Gasteiger partial charge is 0.335 e. The second-order valence-electron chi connectivity index (χ2n) is 5.41. The standard InChI is InChI=1S/C15H19N5O/c1-10-16-14(19-20(10)2)18-15(21)17-13-8-7-11-5-3-4-6-12(11)9-13/h3-6,13H,7-9H2,1-2H3,(H2,17,18,19,21)/t13-/m1/s1. The first-order valence-corrected chi connectivity index (χ1v) is 7.14. The Morgan fingerprint density at radius 1 is 1.33 bits per heavy atom. The van der Waals surface area contributed by atoms with E-state index in [1.807, 2.05) is 13.0 Å². The van der Waals surface area contributed by atoms with Gasteiger partial charge in [-0.25, -0.2) is 4.79 Å². The molecule has 0 radical (unpaired) electrons. The number of urea groups is 1. The minimum atomic E-state index is -0.245. The molecule has 0 unspecified atom stereocenters. The van der Waals surface area contributed by atoms with E-state index in [-0.39, 0.29) is 12.1 Å². The summed E-state index contributed by atoms with van der Waals surface area (Å²) in [5, 5.41) is 9.79. The Kier molecular flexibility index (Phi) is 3.60. The molecule has 6 nitrogen and oxygen atoms in total. The van der Waals surface area contributed by atoms with Crippen LogP contribution in [0.1, 0.15) is 23.4 Å². The van der Waals surface area contributed by atoms with Crippen LogP contribution >= 0.6 is 0 Å². The Bertz CT molecular complexity index is 644. The second kappa shape index (κ2) is 5.55. The van der Waals surface area contributed by atoms with Gasteiger partial charge in [-0.3, -0.25) is 10.00 Å². The van der Waals surface area contributed by atoms with E-state index in [9.17, 15) is 4.79 Å². The van der Waals surface area contributed by atoms with Crippen LogP contribution in [0.25, 0.3) is 0 Å². The highest BCUT2D eigenvalue weighted by Crippen LogP contribution is 2.21. The van der Waals surface area contributed by atoms with Crippen LogP contribution in [0.15, 0.2) is 24.3 Å². The van der Waals surface area contributed by atoms with Crippen LogP contribution in [0.2, 0.25) is 0 Å². The average Bonchev–Trinajstić information content (AvgIpc) is 2.77. The maximum atomic E-state index is 12.0. The minimum Gasteiger partial charge on any atom is -0.335 e. The first-order chi connectivity index (χ1) is 10.1. The van der Waals surface area contributed by atoms with Crippen LogP contribution in [0.3, 0.4) is 0 Å². The number of carbonyl (C=O) groups excluding carboxylic acids is 1. The van der Waals surface area contributed by atoms with Gasteiger partial charge in [0.25, 0.3) is 0 Å². The lowest BCUT2D eigenvalue weighted by Gasteiger charge is -2.25. The summed E-state index contributed by atoms with van der Waals surface area (Å²) in [6.07, 6.45) is 2.83. The molecule has 0 saturated heterocycles. The van der Waals surface area contributed by atoms with Crippen molar-refractivity contribution in [3.8, 4) is 0 Å². The quantitative estimate of drug-likeness (QED) is 0.884. The van der Waals surface area contributed by atoms with Gasteiger partial charge in [-0.2, -0.15) is 4.98 Å². The van der Waals surface area contributed by atoms with Crippen molar-refractivity contribution in [3.05, 3.63) is 41.2 Å². The van der Waals surface area contributed by atoms with E-state index in [0.29, 0.717) is 5.95 Å². The Morgan fingerprint density at radius 3 is 2.81 bits per heavy atom. The third-order valence-corrected chi connectivity index (χ3v) is 3.89. The molecule has 2 amide bonds. The maximum Gasteiger partial charge on any atom is 0.321 e. The van der Waals surface area contributed by atoms with Crippen molar-refractivity contribution in [2.24, 2.45) is 7.05 Å². The zero-order valence-electron chi connectivity index (χ0n) is 12.3. The molecule has 3 rings (SSSR count). The smallest absolute Gasteiger partial charge is 0.321 e. The molecule has 0 fully saturated rings. The summed E-state index contributed by atoms with van der Waals surface area (Å²) in [5.74, 6) is 1.10. The molecule has 21 heavy (non-hydrogen) atoms. The number of hydrogen-bond acceptors (Lipinski definition) is 3. The fraction of sp³-hybridized carbons (Fsp3) is 0.400. The highest BCUT2D eigenvalue weighted by atomic mass is 16.2. The topological polar surface area (TPSA) is 71.8 Å². The van der Waals surface area contributed by atoms with Crippen LogP contribution in [0.5, 0.6) is 0 Å². The number of rotatable bonds is 2. The minimum absolute atomic E-state index is 0.157. The molecular formula is C15H19N5O. The highest BCUT2D eigenvalue weighted by molar-refractivity contribution is 5.87. The van der Waals surface area contributed by atoms with Gasteiger partial charge in [0, 0.05) is 13.1 Å². The number of carbonyl (C=O) groups is 1. The molecule has 1 heterocycles. The van der Waals surface area contributed by atoms with Crippen molar-refractivity contribution in [3.63, 3.8) is 0 Å². The molecule has 6 heteroatoms. The first kappa shape index (κ1) is 13.6. The number of benzene rings is 1. The number of aryl methyl sites for hydroxylation is 3. The monoisotopic (exact) mass is 285 g/mol. The van der Waals surface area contributed by atoms with E-state index >= 15 is 0 Å². The SMILES string of the molecule is Cc1nc(NC(=O)N[C@@H]2CCc3ccccc3C2)nn1C. The maximum absolute atomic E-state index is 12.0. The molecule has 2 aromatic rings. The fourth-order valence-corrected chi connectivity index (χ4v) is 2.66. The summed E-state index contributed by atoms with van der Waals surface area (Å²) in [4.78, 5) is 16.2. The molecule has 1 aliphatic rings. The van der Waals surface area contributed by atoms with Crippen molar-refractivity contribution in [2.75, 3.05) is 5.32 Å². The van der Waals surface area contributed by atoms with Crippen LogP contribution < -0.4 is 10.6 Å². The zero-order valence-corrected chi connectivity index (χ0v) is 12.3. The lowest BCUT2D eigenvalue weighted by Crippen LogP contribution is -2.41. The van der Waals surface area contributed by atoms with Crippen molar-refractivity contribution < 1.29 is 4.79 Å². The van der Waals surface area contributed by atoms with Crippen LogP contribution in [-0.2, 0) is 19.9 Å². The fourth-order valence-electron chi connectivity index (χ4n) is 2.66. The summed E-state index contributed by atoms with van der Waals surface area (Å²) < 4.78 is 1.63. The number of aromatic nitrogens is 3. The molecular weight excluding hydrogens is 266 g/mol. The lowest BCUT2D eigenvalue weighted by atomic mass is 9.88. The molecule has 2 N–H and O–H groups in total. The molecule has 1 aromatic carbocycles. The second-order valence-corrected chi connectivity index (χ2v) is 5.41. The number of nitrogens with one attached hydrogen (secondary N) is 2. The third-order valence-electron chi connectivity index (χ3n) is 3.89. The average molecular weight is 285 g/mol. The van der Waals surface area contributed by atoms with Crippen molar-refractivity contribution in [1.82, 2.24) is 20.1 Å². The number of fused-ring (bicyclic) bond motifs is 1. The molecule has 1 aromatic heterocycles. The van der Waals surface area contributed by atoms with Gasteiger partial charge in [0.1, 0.15) is 5.82 Å². The predicted octanol–water partition coefficient (Wildman–Crippen LogP) is 1.80. The molecule has 0 spiro atoms. The van der Waals surface area contributed by atoms with Gasteiger partial charge in [-0.05, 0) is 37.3 Å². The Hall–Kier alpha value is -2.37. The summed E-state index contributed by atoms with van der Waals surface area (Å²) in [6, 6.07) is 8.31. The summed E-state index contributed by atoms with van der Waals surface area (Å²) in [5.41, 5.74) is 2.71.